The number of pyridine rings is 1. The molecule has 0 spiro atoms. The zero-order valence-electron chi connectivity index (χ0n) is 8.29. The Labute approximate surface area is 92.6 Å². The smallest absolute Gasteiger partial charge is 0.254 e. The molecule has 15 heavy (non-hydrogen) atoms. The minimum atomic E-state index is -0.213. The highest BCUT2D eigenvalue weighted by molar-refractivity contribution is 6.31. The summed E-state index contributed by atoms with van der Waals surface area (Å²) in [7, 11) is 1.57. The fourth-order valence-corrected chi connectivity index (χ4v) is 1.40. The van der Waals surface area contributed by atoms with Crippen molar-refractivity contribution in [1.82, 2.24) is 10.3 Å². The highest BCUT2D eigenvalue weighted by Crippen LogP contribution is 2.33. The van der Waals surface area contributed by atoms with Gasteiger partial charge in [0.15, 0.2) is 10.9 Å². The molecule has 1 aromatic heterocycles. The van der Waals surface area contributed by atoms with Crippen molar-refractivity contribution in [3.8, 4) is 5.75 Å². The Balaban J connectivity index is 2.33. The summed E-state index contributed by atoms with van der Waals surface area (Å²) in [4.78, 5) is 15.4. The molecule has 0 unspecified atom stereocenters. The molecule has 0 aliphatic heterocycles. The van der Waals surface area contributed by atoms with E-state index in [-0.39, 0.29) is 17.2 Å². The van der Waals surface area contributed by atoms with Crippen LogP contribution in [0.4, 0.5) is 0 Å². The lowest BCUT2D eigenvalue weighted by Gasteiger charge is -2.10. The number of nitrogens with zero attached hydrogens (tertiary/aromatic N) is 1. The molecule has 0 saturated heterocycles. The van der Waals surface area contributed by atoms with Crippen molar-refractivity contribution >= 4 is 17.5 Å². The molecule has 0 radical (unpaired) electrons. The van der Waals surface area contributed by atoms with Gasteiger partial charge in [-0.15, -0.1) is 0 Å². The van der Waals surface area contributed by atoms with E-state index in [1.54, 1.807) is 13.1 Å². The maximum absolute atomic E-state index is 11.5. The van der Waals surface area contributed by atoms with Gasteiger partial charge >= 0.3 is 0 Å². The van der Waals surface area contributed by atoms with Gasteiger partial charge in [-0.2, -0.15) is 0 Å². The van der Waals surface area contributed by atoms with Crippen LogP contribution in [0.1, 0.15) is 23.2 Å². The number of amides is 1. The van der Waals surface area contributed by atoms with Gasteiger partial charge < -0.3 is 10.1 Å². The second-order valence-corrected chi connectivity index (χ2v) is 3.73. The van der Waals surface area contributed by atoms with Crippen LogP contribution < -0.4 is 10.1 Å². The number of carbonyl (C=O) groups is 1. The monoisotopic (exact) mass is 226 g/mol. The lowest BCUT2D eigenvalue weighted by Crippen LogP contribution is -2.19. The molecule has 0 bridgehead atoms. The van der Waals surface area contributed by atoms with E-state index in [9.17, 15) is 4.79 Å². The average molecular weight is 227 g/mol. The van der Waals surface area contributed by atoms with E-state index in [0.29, 0.717) is 11.3 Å². The summed E-state index contributed by atoms with van der Waals surface area (Å²) in [6.45, 7) is 0. The van der Waals surface area contributed by atoms with Crippen LogP contribution in [0.15, 0.2) is 12.3 Å². The van der Waals surface area contributed by atoms with E-state index in [1.165, 1.54) is 6.20 Å². The Bertz CT molecular complexity index is 391. The first kappa shape index (κ1) is 10.2. The number of hydrogen-bond donors (Lipinski definition) is 1. The van der Waals surface area contributed by atoms with E-state index in [1.807, 2.05) is 0 Å². The Morgan fingerprint density at radius 1 is 1.67 bits per heavy atom. The van der Waals surface area contributed by atoms with Gasteiger partial charge in [0, 0.05) is 13.2 Å². The minimum Gasteiger partial charge on any atom is -0.486 e. The van der Waals surface area contributed by atoms with Crippen LogP contribution in [-0.2, 0) is 0 Å². The molecule has 80 valence electrons. The molecule has 1 aromatic rings. The van der Waals surface area contributed by atoms with E-state index in [2.05, 4.69) is 10.3 Å². The first-order valence-electron chi connectivity index (χ1n) is 4.75. The number of halogens is 1. The van der Waals surface area contributed by atoms with Crippen LogP contribution in [0.2, 0.25) is 5.15 Å². The predicted octanol–water partition coefficient (Wildman–Crippen LogP) is 1.64. The second-order valence-electron chi connectivity index (χ2n) is 3.37. The number of hydrogen-bond acceptors (Lipinski definition) is 3. The van der Waals surface area contributed by atoms with Gasteiger partial charge in [0.05, 0.1) is 11.7 Å². The highest BCUT2D eigenvalue weighted by atomic mass is 35.5. The summed E-state index contributed by atoms with van der Waals surface area (Å²) in [5.41, 5.74) is 0.435. The molecule has 1 heterocycles. The molecule has 0 atom stereocenters. The van der Waals surface area contributed by atoms with Gasteiger partial charge in [0.1, 0.15) is 0 Å². The Morgan fingerprint density at radius 3 is 3.00 bits per heavy atom. The molecule has 2 rings (SSSR count). The molecule has 0 aromatic carbocycles. The van der Waals surface area contributed by atoms with Gasteiger partial charge in [0.25, 0.3) is 5.91 Å². The van der Waals surface area contributed by atoms with Crippen molar-refractivity contribution in [3.05, 3.63) is 23.0 Å². The molecule has 1 N–H and O–H groups in total. The lowest BCUT2D eigenvalue weighted by molar-refractivity contribution is 0.0958. The van der Waals surface area contributed by atoms with Crippen molar-refractivity contribution in [2.24, 2.45) is 0 Å². The third kappa shape index (κ3) is 2.21. The molecule has 1 amide bonds. The lowest BCUT2D eigenvalue weighted by atomic mass is 10.2. The first-order chi connectivity index (χ1) is 7.22. The molecule has 4 nitrogen and oxygen atoms in total. The van der Waals surface area contributed by atoms with Gasteiger partial charge in [-0.3, -0.25) is 4.79 Å². The Morgan fingerprint density at radius 2 is 2.40 bits per heavy atom. The van der Waals surface area contributed by atoms with Gasteiger partial charge in [0.2, 0.25) is 0 Å². The molecular formula is C10H11ClN2O2. The van der Waals surface area contributed by atoms with Crippen LogP contribution in [0.5, 0.6) is 5.75 Å². The zero-order valence-corrected chi connectivity index (χ0v) is 9.04. The number of carbonyl (C=O) groups excluding carboxylic acids is 1. The standard InChI is InChI=1S/C10H11ClN2O2/c1-12-10(14)7-4-5-13-9(11)8(7)15-6-2-3-6/h4-6H,2-3H2,1H3,(H,12,14). The second kappa shape index (κ2) is 4.06. The van der Waals surface area contributed by atoms with Crippen LogP contribution in [0, 0.1) is 0 Å². The summed E-state index contributed by atoms with van der Waals surface area (Å²) in [5.74, 6) is 0.177. The Hall–Kier alpha value is -1.29. The summed E-state index contributed by atoms with van der Waals surface area (Å²) >= 11 is 5.89. The van der Waals surface area contributed by atoms with Crippen LogP contribution in [0.3, 0.4) is 0 Å². The van der Waals surface area contributed by atoms with E-state index in [4.69, 9.17) is 16.3 Å². The first-order valence-corrected chi connectivity index (χ1v) is 5.13. The third-order valence-electron chi connectivity index (χ3n) is 2.14. The van der Waals surface area contributed by atoms with Crippen molar-refractivity contribution in [2.45, 2.75) is 18.9 Å². The molecule has 1 aliphatic carbocycles. The van der Waals surface area contributed by atoms with Crippen molar-refractivity contribution < 1.29 is 9.53 Å². The number of aromatic nitrogens is 1. The Kier molecular flexibility index (Phi) is 2.77. The minimum absolute atomic E-state index is 0.190. The maximum Gasteiger partial charge on any atom is 0.254 e. The van der Waals surface area contributed by atoms with Crippen LogP contribution >= 0.6 is 11.6 Å². The van der Waals surface area contributed by atoms with Gasteiger partial charge in [-0.05, 0) is 18.9 Å². The van der Waals surface area contributed by atoms with Crippen LogP contribution in [0.25, 0.3) is 0 Å². The summed E-state index contributed by atoms with van der Waals surface area (Å²) in [5, 5.41) is 2.78. The van der Waals surface area contributed by atoms with E-state index in [0.717, 1.165) is 12.8 Å². The molecule has 1 saturated carbocycles. The van der Waals surface area contributed by atoms with E-state index < -0.39 is 0 Å². The third-order valence-corrected chi connectivity index (χ3v) is 2.41. The SMILES string of the molecule is CNC(=O)c1ccnc(Cl)c1OC1CC1. The quantitative estimate of drug-likeness (QED) is 0.798. The molecular weight excluding hydrogens is 216 g/mol. The van der Waals surface area contributed by atoms with Crippen molar-refractivity contribution in [1.29, 1.82) is 0 Å². The fourth-order valence-electron chi connectivity index (χ4n) is 1.20. The predicted molar refractivity (Wildman–Crippen MR) is 56.3 cm³/mol. The van der Waals surface area contributed by atoms with Crippen LogP contribution in [-0.4, -0.2) is 24.0 Å². The summed E-state index contributed by atoms with van der Waals surface area (Å²) in [6.07, 6.45) is 3.71. The maximum atomic E-state index is 11.5. The number of rotatable bonds is 3. The zero-order chi connectivity index (χ0) is 10.8. The fraction of sp³-hybridized carbons (Fsp3) is 0.400. The topological polar surface area (TPSA) is 51.2 Å². The highest BCUT2D eigenvalue weighted by Gasteiger charge is 2.27. The summed E-state index contributed by atoms with van der Waals surface area (Å²) < 4.78 is 5.55. The van der Waals surface area contributed by atoms with Gasteiger partial charge in [-0.25, -0.2) is 4.98 Å². The molecule has 5 heteroatoms. The van der Waals surface area contributed by atoms with Gasteiger partial charge in [-0.1, -0.05) is 11.6 Å². The average Bonchev–Trinajstić information content (AvgIpc) is 3.04. The van der Waals surface area contributed by atoms with Crippen molar-refractivity contribution in [3.63, 3.8) is 0 Å². The normalized spacial score (nSPS) is 14.8. The largest absolute Gasteiger partial charge is 0.486 e. The molecule has 1 aliphatic rings. The summed E-state index contributed by atoms with van der Waals surface area (Å²) in [6, 6.07) is 1.60. The van der Waals surface area contributed by atoms with E-state index >= 15 is 0 Å². The number of ether oxygens (including phenoxy) is 1. The number of nitrogens with one attached hydrogen (secondary N) is 1. The molecule has 1 fully saturated rings. The van der Waals surface area contributed by atoms with Crippen molar-refractivity contribution in [2.75, 3.05) is 7.05 Å².